The van der Waals surface area contributed by atoms with E-state index in [1.165, 1.54) is 0 Å². The van der Waals surface area contributed by atoms with Crippen LogP contribution < -0.4 is 0 Å². The fourth-order valence-corrected chi connectivity index (χ4v) is 5.80. The second kappa shape index (κ2) is 7.63. The molecule has 27 heavy (non-hydrogen) atoms. The molecule has 1 aromatic rings. The fourth-order valence-electron chi connectivity index (χ4n) is 3.06. The first kappa shape index (κ1) is 21.6. The molecule has 7 heteroatoms. The topological polar surface area (TPSA) is 36.9 Å². The van der Waals surface area contributed by atoms with E-state index in [2.05, 4.69) is 46.0 Å². The molecule has 2 saturated heterocycles. The summed E-state index contributed by atoms with van der Waals surface area (Å²) in [5.74, 6) is -0.677. The molecule has 5 atom stereocenters. The van der Waals surface area contributed by atoms with Gasteiger partial charge in [-0.3, -0.25) is 0 Å². The van der Waals surface area contributed by atoms with Gasteiger partial charge < -0.3 is 18.6 Å². The zero-order chi connectivity index (χ0) is 20.0. The maximum atomic E-state index is 6.80. The van der Waals surface area contributed by atoms with E-state index in [4.69, 9.17) is 30.2 Å². The number of benzene rings is 1. The predicted octanol–water partition coefficient (Wildman–Crippen LogP) is 5.61. The lowest BCUT2D eigenvalue weighted by molar-refractivity contribution is -0.211. The molecule has 2 aliphatic heterocycles. The van der Waals surface area contributed by atoms with Crippen molar-refractivity contribution in [3.8, 4) is 0 Å². The first-order valence-corrected chi connectivity index (χ1v) is 13.7. The third-order valence-corrected chi connectivity index (χ3v) is 11.5. The summed E-state index contributed by atoms with van der Waals surface area (Å²) in [6.07, 6.45) is -1.28. The van der Waals surface area contributed by atoms with E-state index < -0.39 is 20.4 Å². The van der Waals surface area contributed by atoms with Gasteiger partial charge in [0.2, 0.25) is 0 Å². The van der Waals surface area contributed by atoms with E-state index in [0.29, 0.717) is 0 Å². The second-order valence-electron chi connectivity index (χ2n) is 9.19. The Kier molecular flexibility index (Phi) is 6.11. The van der Waals surface area contributed by atoms with Crippen LogP contribution in [0.1, 0.15) is 34.6 Å². The van der Waals surface area contributed by atoms with Crippen LogP contribution in [0.2, 0.25) is 18.1 Å². The highest BCUT2D eigenvalue weighted by molar-refractivity contribution is 8.01. The van der Waals surface area contributed by atoms with E-state index in [1.807, 2.05) is 32.0 Å². The number of ether oxygens (including phenoxy) is 3. The molecule has 4 nitrogen and oxygen atoms in total. The quantitative estimate of drug-likeness (QED) is 0.344. The SMILES string of the molecule is CC1(C)O[C@H]2O[C@H](C(Cl)Sc3ccccc3)[C@H](O[Si](C)(C)C(C)(C)C)[C@H]2O1. The molecule has 2 fully saturated rings. The summed E-state index contributed by atoms with van der Waals surface area (Å²) in [6.45, 7) is 15.0. The van der Waals surface area contributed by atoms with Crippen LogP contribution >= 0.6 is 23.4 Å². The molecule has 0 aliphatic carbocycles. The van der Waals surface area contributed by atoms with Crippen LogP contribution in [-0.4, -0.2) is 43.4 Å². The van der Waals surface area contributed by atoms with Gasteiger partial charge in [-0.1, -0.05) is 39.0 Å². The minimum Gasteiger partial charge on any atom is -0.408 e. The van der Waals surface area contributed by atoms with Gasteiger partial charge in [-0.25, -0.2) is 0 Å². The van der Waals surface area contributed by atoms with Gasteiger partial charge in [-0.15, -0.1) is 23.4 Å². The first-order chi connectivity index (χ1) is 12.4. The van der Waals surface area contributed by atoms with Crippen molar-refractivity contribution in [2.24, 2.45) is 0 Å². The molecule has 2 heterocycles. The molecule has 2 aliphatic rings. The maximum Gasteiger partial charge on any atom is 0.192 e. The normalized spacial score (nSPS) is 31.7. The maximum absolute atomic E-state index is 6.80. The molecule has 0 amide bonds. The molecule has 152 valence electrons. The van der Waals surface area contributed by atoms with E-state index in [0.717, 1.165) is 4.90 Å². The Morgan fingerprint density at radius 3 is 2.37 bits per heavy atom. The van der Waals surface area contributed by atoms with E-state index in [-0.39, 0.29) is 28.1 Å². The molecule has 0 radical (unpaired) electrons. The Morgan fingerprint density at radius 1 is 1.15 bits per heavy atom. The summed E-state index contributed by atoms with van der Waals surface area (Å²) >= 11 is 8.39. The number of thioether (sulfide) groups is 1. The number of fused-ring (bicyclic) bond motifs is 1. The summed E-state index contributed by atoms with van der Waals surface area (Å²) in [5, 5.41) is 0.0823. The van der Waals surface area contributed by atoms with E-state index in [1.54, 1.807) is 11.8 Å². The zero-order valence-electron chi connectivity index (χ0n) is 17.2. The summed E-state index contributed by atoms with van der Waals surface area (Å²) in [4.78, 5) is 1.10. The monoisotopic (exact) mass is 430 g/mol. The van der Waals surface area contributed by atoms with Crippen LogP contribution in [0.3, 0.4) is 0 Å². The molecule has 0 bridgehead atoms. The largest absolute Gasteiger partial charge is 0.408 e. The van der Waals surface area contributed by atoms with Crippen molar-refractivity contribution >= 4 is 31.7 Å². The summed E-state index contributed by atoms with van der Waals surface area (Å²) in [7, 11) is -2.04. The van der Waals surface area contributed by atoms with Crippen molar-refractivity contribution in [2.45, 2.75) is 92.7 Å². The minimum absolute atomic E-state index is 0.0823. The summed E-state index contributed by atoms with van der Waals surface area (Å²) in [5.41, 5.74) is 0. The van der Waals surface area contributed by atoms with Gasteiger partial charge in [-0.05, 0) is 44.1 Å². The van der Waals surface area contributed by atoms with Crippen LogP contribution in [0.4, 0.5) is 0 Å². The fraction of sp³-hybridized carbons (Fsp3) is 0.700. The van der Waals surface area contributed by atoms with Crippen molar-refractivity contribution in [1.29, 1.82) is 0 Å². The van der Waals surface area contributed by atoms with Crippen LogP contribution in [0.25, 0.3) is 0 Å². The number of rotatable bonds is 5. The van der Waals surface area contributed by atoms with E-state index >= 15 is 0 Å². The number of halogens is 1. The Balaban J connectivity index is 1.81. The average molecular weight is 431 g/mol. The lowest BCUT2D eigenvalue weighted by Gasteiger charge is -2.41. The van der Waals surface area contributed by atoms with Gasteiger partial charge in [0, 0.05) is 4.90 Å². The highest BCUT2D eigenvalue weighted by atomic mass is 35.5. The molecular weight excluding hydrogens is 400 g/mol. The van der Waals surface area contributed by atoms with Crippen LogP contribution in [0, 0.1) is 0 Å². The third-order valence-electron chi connectivity index (χ3n) is 5.51. The molecular formula is C20H31ClO4SSi. The molecule has 3 rings (SSSR count). The average Bonchev–Trinajstić information content (AvgIpc) is 3.00. The third kappa shape index (κ3) is 4.74. The highest BCUT2D eigenvalue weighted by Crippen LogP contribution is 2.46. The molecule has 0 spiro atoms. The molecule has 0 N–H and O–H groups in total. The van der Waals surface area contributed by atoms with Crippen LogP contribution in [-0.2, 0) is 18.6 Å². The van der Waals surface area contributed by atoms with Gasteiger partial charge in [0.15, 0.2) is 20.4 Å². The van der Waals surface area contributed by atoms with Crippen molar-refractivity contribution < 1.29 is 18.6 Å². The number of hydrogen-bond donors (Lipinski definition) is 0. The summed E-state index contributed by atoms with van der Waals surface area (Å²) < 4.78 is 24.8. The Morgan fingerprint density at radius 2 is 1.78 bits per heavy atom. The zero-order valence-corrected chi connectivity index (χ0v) is 19.8. The lowest BCUT2D eigenvalue weighted by Crippen LogP contribution is -2.51. The minimum atomic E-state index is -2.04. The molecule has 0 saturated carbocycles. The van der Waals surface area contributed by atoms with Gasteiger partial charge in [0.05, 0.1) is 0 Å². The van der Waals surface area contributed by atoms with Crippen LogP contribution in [0.5, 0.6) is 0 Å². The number of alkyl halides is 1. The second-order valence-corrected chi connectivity index (χ2v) is 15.9. The Bertz CT molecular complexity index is 649. The predicted molar refractivity (Wildman–Crippen MR) is 113 cm³/mol. The van der Waals surface area contributed by atoms with Crippen molar-refractivity contribution in [3.05, 3.63) is 30.3 Å². The molecule has 0 aromatic heterocycles. The Hall–Kier alpha value is -0.0831. The van der Waals surface area contributed by atoms with Gasteiger partial charge >= 0.3 is 0 Å². The smallest absolute Gasteiger partial charge is 0.192 e. The van der Waals surface area contributed by atoms with E-state index in [9.17, 15) is 0 Å². The van der Waals surface area contributed by atoms with Gasteiger partial charge in [0.1, 0.15) is 23.0 Å². The standard InChI is InChI=1S/C20H31ClO4SSi/c1-19(2,3)27(6,7)25-14-15(17(21)26-13-11-9-8-10-12-13)22-18-16(14)23-20(4,5)24-18/h8-12,14-18H,1-7H3/t14-,15-,16+,17?,18+/m0/s1. The van der Waals surface area contributed by atoms with Gasteiger partial charge in [-0.2, -0.15) is 0 Å². The van der Waals surface area contributed by atoms with Crippen molar-refractivity contribution in [1.82, 2.24) is 0 Å². The summed E-state index contributed by atoms with van der Waals surface area (Å²) in [6, 6.07) is 10.1. The lowest BCUT2D eigenvalue weighted by atomic mass is 10.1. The highest BCUT2D eigenvalue weighted by Gasteiger charge is 2.58. The van der Waals surface area contributed by atoms with Crippen molar-refractivity contribution in [3.63, 3.8) is 0 Å². The molecule has 1 unspecified atom stereocenters. The van der Waals surface area contributed by atoms with Crippen LogP contribution in [0.15, 0.2) is 35.2 Å². The van der Waals surface area contributed by atoms with Gasteiger partial charge in [0.25, 0.3) is 0 Å². The Labute approximate surface area is 173 Å². The number of hydrogen-bond acceptors (Lipinski definition) is 5. The molecule has 1 aromatic carbocycles. The van der Waals surface area contributed by atoms with Crippen molar-refractivity contribution in [2.75, 3.05) is 0 Å². The first-order valence-electron chi connectivity index (χ1n) is 9.44.